The van der Waals surface area contributed by atoms with Crippen molar-refractivity contribution in [3.05, 3.63) is 0 Å². The van der Waals surface area contributed by atoms with E-state index in [-0.39, 0.29) is 12.0 Å². The van der Waals surface area contributed by atoms with E-state index < -0.39 is 5.67 Å². The Morgan fingerprint density at radius 1 is 1.08 bits per heavy atom. The van der Waals surface area contributed by atoms with Crippen LogP contribution in [0.3, 0.4) is 0 Å². The fraction of sp³-hybridized carbons (Fsp3) is 1.00. The molecule has 2 aliphatic heterocycles. The van der Waals surface area contributed by atoms with Crippen LogP contribution in [0.5, 0.6) is 0 Å². The van der Waals surface area contributed by atoms with Crippen LogP contribution in [0.25, 0.3) is 0 Å². The molecule has 2 saturated heterocycles. The van der Waals surface area contributed by atoms with Crippen molar-refractivity contribution in [3.8, 4) is 0 Å². The summed E-state index contributed by atoms with van der Waals surface area (Å²) in [6, 6.07) is 0. The molecule has 2 heterocycles. The lowest BCUT2D eigenvalue weighted by Gasteiger charge is -2.44. The average molecular weight is 188 g/mol. The molecule has 2 aliphatic rings. The molecule has 76 valence electrons. The standard InChI is InChI=1S/C10H17FO2/c1-9(11)6-10(8-13-7-9)2-4-12-5-3-10/h2-8H2,1H3. The van der Waals surface area contributed by atoms with Crippen LogP contribution < -0.4 is 0 Å². The molecule has 1 atom stereocenters. The Labute approximate surface area is 78.4 Å². The summed E-state index contributed by atoms with van der Waals surface area (Å²) < 4.78 is 24.4. The maximum Gasteiger partial charge on any atom is 0.132 e. The van der Waals surface area contributed by atoms with E-state index >= 15 is 0 Å². The molecule has 1 spiro atoms. The fourth-order valence-electron chi connectivity index (χ4n) is 2.49. The van der Waals surface area contributed by atoms with E-state index in [1.165, 1.54) is 0 Å². The second-order valence-electron chi connectivity index (χ2n) is 4.70. The number of alkyl halides is 1. The summed E-state index contributed by atoms with van der Waals surface area (Å²) in [5, 5.41) is 0. The fourth-order valence-corrected chi connectivity index (χ4v) is 2.49. The van der Waals surface area contributed by atoms with E-state index in [9.17, 15) is 4.39 Å². The van der Waals surface area contributed by atoms with Gasteiger partial charge in [-0.2, -0.15) is 0 Å². The Bertz CT molecular complexity index is 180. The number of ether oxygens (including phenoxy) is 2. The minimum absolute atomic E-state index is 0.0694. The highest BCUT2D eigenvalue weighted by Gasteiger charge is 2.44. The van der Waals surface area contributed by atoms with Crippen LogP contribution in [0.4, 0.5) is 4.39 Å². The monoisotopic (exact) mass is 188 g/mol. The first-order chi connectivity index (χ1) is 6.12. The molecule has 0 bridgehead atoms. The van der Waals surface area contributed by atoms with Crippen LogP contribution in [0.15, 0.2) is 0 Å². The van der Waals surface area contributed by atoms with Gasteiger partial charge in [0, 0.05) is 18.6 Å². The molecule has 13 heavy (non-hydrogen) atoms. The van der Waals surface area contributed by atoms with Crippen molar-refractivity contribution in [1.29, 1.82) is 0 Å². The molecular weight excluding hydrogens is 171 g/mol. The third kappa shape index (κ3) is 2.02. The summed E-state index contributed by atoms with van der Waals surface area (Å²) in [5.41, 5.74) is -1.06. The maximum absolute atomic E-state index is 13.7. The molecule has 1 unspecified atom stereocenters. The van der Waals surface area contributed by atoms with E-state index in [0.29, 0.717) is 6.42 Å². The summed E-state index contributed by atoms with van der Waals surface area (Å²) in [7, 11) is 0. The summed E-state index contributed by atoms with van der Waals surface area (Å²) >= 11 is 0. The summed E-state index contributed by atoms with van der Waals surface area (Å²) in [4.78, 5) is 0. The van der Waals surface area contributed by atoms with Gasteiger partial charge in [0.15, 0.2) is 0 Å². The van der Waals surface area contributed by atoms with Crippen molar-refractivity contribution in [2.75, 3.05) is 26.4 Å². The van der Waals surface area contributed by atoms with Crippen LogP contribution in [0.1, 0.15) is 26.2 Å². The lowest BCUT2D eigenvalue weighted by Crippen LogP contribution is -2.46. The molecule has 0 aromatic carbocycles. The molecule has 0 N–H and O–H groups in total. The van der Waals surface area contributed by atoms with Crippen molar-refractivity contribution in [3.63, 3.8) is 0 Å². The molecule has 0 aromatic heterocycles. The van der Waals surface area contributed by atoms with Gasteiger partial charge in [0.25, 0.3) is 0 Å². The van der Waals surface area contributed by atoms with E-state index in [2.05, 4.69) is 0 Å². The Balaban J connectivity index is 2.04. The molecule has 0 aliphatic carbocycles. The second-order valence-corrected chi connectivity index (χ2v) is 4.70. The zero-order valence-corrected chi connectivity index (χ0v) is 8.14. The van der Waals surface area contributed by atoms with Crippen LogP contribution in [-0.4, -0.2) is 32.1 Å². The number of hydrogen-bond donors (Lipinski definition) is 0. The third-order valence-corrected chi connectivity index (χ3v) is 3.11. The zero-order valence-electron chi connectivity index (χ0n) is 8.14. The molecule has 2 nitrogen and oxygen atoms in total. The van der Waals surface area contributed by atoms with Crippen LogP contribution in [0.2, 0.25) is 0 Å². The van der Waals surface area contributed by atoms with E-state index in [1.54, 1.807) is 6.92 Å². The lowest BCUT2D eigenvalue weighted by molar-refractivity contribution is -0.130. The topological polar surface area (TPSA) is 18.5 Å². The normalized spacial score (nSPS) is 39.2. The maximum atomic E-state index is 13.7. The van der Waals surface area contributed by atoms with Crippen LogP contribution in [0, 0.1) is 5.41 Å². The van der Waals surface area contributed by atoms with Gasteiger partial charge in [-0.25, -0.2) is 4.39 Å². The van der Waals surface area contributed by atoms with E-state index in [1.807, 2.05) is 0 Å². The number of rotatable bonds is 0. The average Bonchev–Trinajstić information content (AvgIpc) is 2.03. The summed E-state index contributed by atoms with van der Waals surface area (Å²) in [5.74, 6) is 0. The minimum atomic E-state index is -1.13. The van der Waals surface area contributed by atoms with E-state index in [4.69, 9.17) is 9.47 Å². The molecule has 2 rings (SSSR count). The SMILES string of the molecule is CC1(F)COCC2(CCOCC2)C1. The van der Waals surface area contributed by atoms with Gasteiger partial charge in [-0.1, -0.05) is 0 Å². The molecule has 0 amide bonds. The second kappa shape index (κ2) is 3.21. The first-order valence-electron chi connectivity index (χ1n) is 4.97. The Hall–Kier alpha value is -0.150. The van der Waals surface area contributed by atoms with E-state index in [0.717, 1.165) is 32.7 Å². The minimum Gasteiger partial charge on any atom is -0.381 e. The molecular formula is C10H17FO2. The summed E-state index contributed by atoms with van der Waals surface area (Å²) in [6.45, 7) is 4.15. The van der Waals surface area contributed by atoms with Crippen molar-refractivity contribution in [2.45, 2.75) is 31.9 Å². The Morgan fingerprint density at radius 3 is 2.38 bits per heavy atom. The zero-order chi connectivity index (χ0) is 9.36. The molecule has 2 fully saturated rings. The van der Waals surface area contributed by atoms with Crippen LogP contribution in [-0.2, 0) is 9.47 Å². The van der Waals surface area contributed by atoms with Gasteiger partial charge in [-0.05, 0) is 26.2 Å². The van der Waals surface area contributed by atoms with Crippen molar-refractivity contribution >= 4 is 0 Å². The molecule has 3 heteroatoms. The predicted octanol–water partition coefficient (Wildman–Crippen LogP) is 1.93. The first-order valence-corrected chi connectivity index (χ1v) is 4.97. The van der Waals surface area contributed by atoms with Gasteiger partial charge in [-0.15, -0.1) is 0 Å². The highest BCUT2D eigenvalue weighted by Crippen LogP contribution is 2.43. The Kier molecular flexibility index (Phi) is 2.32. The van der Waals surface area contributed by atoms with Crippen molar-refractivity contribution < 1.29 is 13.9 Å². The number of hydrogen-bond acceptors (Lipinski definition) is 2. The summed E-state index contributed by atoms with van der Waals surface area (Å²) in [6.07, 6.45) is 2.54. The van der Waals surface area contributed by atoms with Crippen molar-refractivity contribution in [2.24, 2.45) is 5.41 Å². The highest BCUT2D eigenvalue weighted by molar-refractivity contribution is 4.92. The quantitative estimate of drug-likeness (QED) is 0.578. The molecule has 0 radical (unpaired) electrons. The molecule has 0 aromatic rings. The van der Waals surface area contributed by atoms with Gasteiger partial charge in [0.2, 0.25) is 0 Å². The Morgan fingerprint density at radius 2 is 1.77 bits per heavy atom. The van der Waals surface area contributed by atoms with Gasteiger partial charge in [-0.3, -0.25) is 0 Å². The largest absolute Gasteiger partial charge is 0.381 e. The highest BCUT2D eigenvalue weighted by atomic mass is 19.1. The first kappa shape index (κ1) is 9.41. The third-order valence-electron chi connectivity index (χ3n) is 3.11. The van der Waals surface area contributed by atoms with Gasteiger partial charge in [0.1, 0.15) is 5.67 Å². The van der Waals surface area contributed by atoms with Gasteiger partial charge < -0.3 is 9.47 Å². The van der Waals surface area contributed by atoms with Crippen LogP contribution >= 0.6 is 0 Å². The van der Waals surface area contributed by atoms with Gasteiger partial charge in [0.05, 0.1) is 13.2 Å². The number of halogens is 1. The van der Waals surface area contributed by atoms with Crippen molar-refractivity contribution in [1.82, 2.24) is 0 Å². The lowest BCUT2D eigenvalue weighted by atomic mass is 9.72. The predicted molar refractivity (Wildman–Crippen MR) is 47.4 cm³/mol. The van der Waals surface area contributed by atoms with Gasteiger partial charge >= 0.3 is 0 Å². The molecule has 0 saturated carbocycles. The smallest absolute Gasteiger partial charge is 0.132 e.